The molecule has 1 aromatic heterocycles. The molecule has 19 heavy (non-hydrogen) atoms. The lowest BCUT2D eigenvalue weighted by Crippen LogP contribution is -2.29. The number of pyridine rings is 1. The van der Waals surface area contributed by atoms with Gasteiger partial charge in [0.05, 0.1) is 5.92 Å². The molecule has 1 fully saturated rings. The Morgan fingerprint density at radius 1 is 1.32 bits per heavy atom. The second-order valence-corrected chi connectivity index (χ2v) is 5.33. The van der Waals surface area contributed by atoms with E-state index in [2.05, 4.69) is 10.3 Å². The van der Waals surface area contributed by atoms with Crippen molar-refractivity contribution in [1.82, 2.24) is 10.3 Å². The van der Waals surface area contributed by atoms with Crippen molar-refractivity contribution in [3.8, 4) is 0 Å². The summed E-state index contributed by atoms with van der Waals surface area (Å²) in [4.78, 5) is 15.1. The quantitative estimate of drug-likeness (QED) is 0.771. The summed E-state index contributed by atoms with van der Waals surface area (Å²) in [6.07, 6.45) is 6.51. The van der Waals surface area contributed by atoms with Gasteiger partial charge in [-0.25, -0.2) is 0 Å². The van der Waals surface area contributed by atoms with E-state index >= 15 is 0 Å². The summed E-state index contributed by atoms with van der Waals surface area (Å²) in [5, 5.41) is 12.4. The van der Waals surface area contributed by atoms with E-state index in [1.807, 2.05) is 24.4 Å². The molecular weight excluding hydrogens is 240 g/mol. The second-order valence-electron chi connectivity index (χ2n) is 5.33. The van der Waals surface area contributed by atoms with Gasteiger partial charge in [0.15, 0.2) is 0 Å². The molecule has 0 atom stereocenters. The van der Waals surface area contributed by atoms with Crippen molar-refractivity contribution < 1.29 is 9.90 Å². The van der Waals surface area contributed by atoms with Crippen molar-refractivity contribution in [2.45, 2.75) is 32.1 Å². The second kappa shape index (κ2) is 7.24. The number of carbonyl (C=O) groups is 1. The maximum absolute atomic E-state index is 10.9. The number of carboxylic acid groups (broad SMARTS) is 1. The van der Waals surface area contributed by atoms with Gasteiger partial charge in [-0.05, 0) is 50.3 Å². The highest BCUT2D eigenvalue weighted by molar-refractivity contribution is 5.69. The molecule has 1 saturated carbocycles. The maximum Gasteiger partial charge on any atom is 0.306 e. The first kappa shape index (κ1) is 14.0. The van der Waals surface area contributed by atoms with E-state index in [1.165, 1.54) is 0 Å². The Hall–Kier alpha value is -1.42. The molecule has 104 valence electrons. The Balaban J connectivity index is 1.58. The van der Waals surface area contributed by atoms with Gasteiger partial charge in [0.1, 0.15) is 0 Å². The van der Waals surface area contributed by atoms with Crippen LogP contribution >= 0.6 is 0 Å². The van der Waals surface area contributed by atoms with Crippen molar-refractivity contribution >= 4 is 5.97 Å². The van der Waals surface area contributed by atoms with Gasteiger partial charge in [-0.2, -0.15) is 0 Å². The number of aromatic nitrogens is 1. The predicted octanol–water partition coefficient (Wildman–Crippen LogP) is 2.10. The van der Waals surface area contributed by atoms with Gasteiger partial charge in [0.25, 0.3) is 0 Å². The highest BCUT2D eigenvalue weighted by atomic mass is 16.4. The molecule has 2 N–H and O–H groups in total. The number of nitrogens with one attached hydrogen (secondary N) is 1. The van der Waals surface area contributed by atoms with E-state index in [0.717, 1.165) is 50.9 Å². The molecule has 4 nitrogen and oxygen atoms in total. The van der Waals surface area contributed by atoms with Crippen molar-refractivity contribution in [3.63, 3.8) is 0 Å². The zero-order valence-corrected chi connectivity index (χ0v) is 11.2. The Morgan fingerprint density at radius 3 is 2.74 bits per heavy atom. The Morgan fingerprint density at radius 2 is 2.11 bits per heavy atom. The molecule has 0 aliphatic heterocycles. The number of hydrogen-bond donors (Lipinski definition) is 2. The van der Waals surface area contributed by atoms with Crippen LogP contribution in [0.3, 0.4) is 0 Å². The van der Waals surface area contributed by atoms with Gasteiger partial charge in [0, 0.05) is 24.9 Å². The summed E-state index contributed by atoms with van der Waals surface area (Å²) in [6.45, 7) is 1.94. The summed E-state index contributed by atoms with van der Waals surface area (Å²) < 4.78 is 0. The third-order valence-electron chi connectivity index (χ3n) is 3.91. The monoisotopic (exact) mass is 262 g/mol. The van der Waals surface area contributed by atoms with E-state index in [-0.39, 0.29) is 5.92 Å². The minimum atomic E-state index is -0.624. The molecule has 4 heteroatoms. The topological polar surface area (TPSA) is 62.2 Å². The van der Waals surface area contributed by atoms with E-state index in [0.29, 0.717) is 5.92 Å². The molecule has 0 aromatic carbocycles. The summed E-state index contributed by atoms with van der Waals surface area (Å²) >= 11 is 0. The lowest BCUT2D eigenvalue weighted by Gasteiger charge is -2.26. The smallest absolute Gasteiger partial charge is 0.306 e. The first-order valence-corrected chi connectivity index (χ1v) is 7.09. The van der Waals surface area contributed by atoms with Crippen LogP contribution in [0.1, 0.15) is 31.4 Å². The Kier molecular flexibility index (Phi) is 5.33. The van der Waals surface area contributed by atoms with Gasteiger partial charge >= 0.3 is 5.97 Å². The van der Waals surface area contributed by atoms with Crippen LogP contribution in [0.5, 0.6) is 0 Å². The first-order chi connectivity index (χ1) is 9.25. The third-order valence-corrected chi connectivity index (χ3v) is 3.91. The molecule has 1 aliphatic rings. The molecule has 1 aliphatic carbocycles. The number of carboxylic acids is 1. The summed E-state index contributed by atoms with van der Waals surface area (Å²) in [5.74, 6) is -0.0920. The van der Waals surface area contributed by atoms with E-state index in [1.54, 1.807) is 0 Å². The first-order valence-electron chi connectivity index (χ1n) is 7.09. The number of aliphatic carboxylic acids is 1. The number of hydrogen-bond acceptors (Lipinski definition) is 3. The SMILES string of the molecule is O=C(O)C1CCC(CNCCc2ccccn2)CC1. The van der Waals surface area contributed by atoms with Crippen molar-refractivity contribution in [2.24, 2.45) is 11.8 Å². The normalized spacial score (nSPS) is 23.2. The fraction of sp³-hybridized carbons (Fsp3) is 0.600. The minimum Gasteiger partial charge on any atom is -0.481 e. The molecule has 0 spiro atoms. The molecule has 0 amide bonds. The van der Waals surface area contributed by atoms with Crippen LogP contribution in [-0.4, -0.2) is 29.1 Å². The summed E-state index contributed by atoms with van der Waals surface area (Å²) in [6, 6.07) is 5.98. The van der Waals surface area contributed by atoms with Crippen LogP contribution in [0.4, 0.5) is 0 Å². The van der Waals surface area contributed by atoms with Gasteiger partial charge in [-0.15, -0.1) is 0 Å². The van der Waals surface area contributed by atoms with E-state index in [4.69, 9.17) is 5.11 Å². The Bertz CT molecular complexity index is 386. The average Bonchev–Trinajstić information content (AvgIpc) is 2.45. The van der Waals surface area contributed by atoms with Crippen LogP contribution < -0.4 is 5.32 Å². The average molecular weight is 262 g/mol. The number of rotatable bonds is 6. The van der Waals surface area contributed by atoms with Crippen molar-refractivity contribution in [1.29, 1.82) is 0 Å². The van der Waals surface area contributed by atoms with Gasteiger partial charge < -0.3 is 10.4 Å². The van der Waals surface area contributed by atoms with Crippen LogP contribution in [0.25, 0.3) is 0 Å². The zero-order chi connectivity index (χ0) is 13.5. The van der Waals surface area contributed by atoms with Crippen molar-refractivity contribution in [3.05, 3.63) is 30.1 Å². The standard InChI is InChI=1S/C15H22N2O2/c18-15(19)13-6-4-12(5-7-13)11-16-10-8-14-3-1-2-9-17-14/h1-3,9,12-13,16H,4-8,10-11H2,(H,18,19). The molecule has 0 radical (unpaired) electrons. The predicted molar refractivity (Wildman–Crippen MR) is 73.9 cm³/mol. The molecule has 0 bridgehead atoms. The zero-order valence-electron chi connectivity index (χ0n) is 11.2. The van der Waals surface area contributed by atoms with Crippen LogP contribution in [0.2, 0.25) is 0 Å². The van der Waals surface area contributed by atoms with Crippen LogP contribution in [0, 0.1) is 11.8 Å². The highest BCUT2D eigenvalue weighted by Crippen LogP contribution is 2.28. The fourth-order valence-electron chi connectivity index (χ4n) is 2.68. The minimum absolute atomic E-state index is 0.107. The fourth-order valence-corrected chi connectivity index (χ4v) is 2.68. The largest absolute Gasteiger partial charge is 0.481 e. The van der Waals surface area contributed by atoms with E-state index < -0.39 is 5.97 Å². The third kappa shape index (κ3) is 4.63. The number of nitrogens with zero attached hydrogens (tertiary/aromatic N) is 1. The van der Waals surface area contributed by atoms with Crippen molar-refractivity contribution in [2.75, 3.05) is 13.1 Å². The van der Waals surface area contributed by atoms with Crippen LogP contribution in [-0.2, 0) is 11.2 Å². The van der Waals surface area contributed by atoms with Gasteiger partial charge in [-0.3, -0.25) is 9.78 Å². The highest BCUT2D eigenvalue weighted by Gasteiger charge is 2.25. The lowest BCUT2D eigenvalue weighted by atomic mass is 9.82. The molecule has 2 rings (SSSR count). The Labute approximate surface area is 114 Å². The van der Waals surface area contributed by atoms with Gasteiger partial charge in [-0.1, -0.05) is 6.07 Å². The molecule has 0 unspecified atom stereocenters. The molecule has 1 heterocycles. The van der Waals surface area contributed by atoms with Gasteiger partial charge in [0.2, 0.25) is 0 Å². The van der Waals surface area contributed by atoms with Crippen LogP contribution in [0.15, 0.2) is 24.4 Å². The summed E-state index contributed by atoms with van der Waals surface area (Å²) in [7, 11) is 0. The molecule has 1 aromatic rings. The lowest BCUT2D eigenvalue weighted by molar-refractivity contribution is -0.143. The van der Waals surface area contributed by atoms with E-state index in [9.17, 15) is 4.79 Å². The molecular formula is C15H22N2O2. The molecule has 0 saturated heterocycles. The maximum atomic E-state index is 10.9. The summed E-state index contributed by atoms with van der Waals surface area (Å²) in [5.41, 5.74) is 1.12.